The van der Waals surface area contributed by atoms with Gasteiger partial charge < -0.3 is 35.7 Å². The molecule has 0 saturated carbocycles. The highest BCUT2D eigenvalue weighted by Gasteiger charge is 2.17. The van der Waals surface area contributed by atoms with E-state index >= 15 is 0 Å². The molecule has 7 N–H and O–H groups in total. The molecule has 0 unspecified atom stereocenters. The van der Waals surface area contributed by atoms with Crippen molar-refractivity contribution in [1.82, 2.24) is 0 Å². The van der Waals surface area contributed by atoms with Gasteiger partial charge in [0.25, 0.3) is 5.69 Å². The van der Waals surface area contributed by atoms with E-state index in [2.05, 4.69) is 0 Å². The minimum atomic E-state index is -0.530. The van der Waals surface area contributed by atoms with Crippen molar-refractivity contribution < 1.29 is 74.2 Å². The lowest BCUT2D eigenvalue weighted by atomic mass is 9.91. The third-order valence-electron chi connectivity index (χ3n) is 10.4. The Bertz CT molecular complexity index is 3170. The first-order valence-corrected chi connectivity index (χ1v) is 26.7. The SMILES string of the molecule is CC(=O)/C=C/CO.CC(C)(C)C(=O)/C=C/CO.Cc1ccc(C(=O)/C=C/CO)cc1.O=C(/C=C/CO)c1ccc(Cl)cc1.O=C(/C=C/CO)c1ccc([N+](=O)[O-])cc1.O=C(/C=C/CO)c1ccc2ccccc2c1.O=C(/C=C/CO)c1ccccc1. The number of nitro benzene ring substituents is 1. The molecule has 6 aromatic carbocycles. The molecule has 6 rings (SSSR count). The van der Waals surface area contributed by atoms with E-state index in [4.69, 9.17) is 47.3 Å². The zero-order chi connectivity index (χ0) is 64.7. The molecule has 0 radical (unpaired) electrons. The van der Waals surface area contributed by atoms with Gasteiger partial charge in [-0.05, 0) is 110 Å². The van der Waals surface area contributed by atoms with Crippen LogP contribution in [0.15, 0.2) is 231 Å². The Morgan fingerprint density at radius 1 is 0.419 bits per heavy atom. The van der Waals surface area contributed by atoms with E-state index in [0.717, 1.165) is 16.3 Å². The molecule has 0 atom stereocenters. The summed E-state index contributed by atoms with van der Waals surface area (Å²) in [6, 6.07) is 41.6. The van der Waals surface area contributed by atoms with E-state index in [1.165, 1.54) is 116 Å². The number of rotatable bonds is 20. The lowest BCUT2D eigenvalue weighted by Gasteiger charge is -2.12. The third kappa shape index (κ3) is 35.8. The largest absolute Gasteiger partial charge is 0.392 e. The van der Waals surface area contributed by atoms with Crippen LogP contribution in [0, 0.1) is 22.5 Å². The van der Waals surface area contributed by atoms with Crippen LogP contribution in [-0.2, 0) is 9.59 Å². The van der Waals surface area contributed by atoms with Gasteiger partial charge in [-0.15, -0.1) is 0 Å². The zero-order valence-corrected chi connectivity index (χ0v) is 49.3. The number of benzene rings is 6. The van der Waals surface area contributed by atoms with E-state index < -0.39 is 4.92 Å². The molecular weight excluding hydrogens is 1120 g/mol. The summed E-state index contributed by atoms with van der Waals surface area (Å²) < 4.78 is 0. The number of ketones is 7. The van der Waals surface area contributed by atoms with Crippen LogP contribution in [0.2, 0.25) is 5.02 Å². The monoisotopic (exact) mass is 1200 g/mol. The number of hydrogen-bond acceptors (Lipinski definition) is 16. The Kier molecular flexibility index (Phi) is 41.3. The minimum Gasteiger partial charge on any atom is -0.392 e. The number of carbonyl (C=O) groups is 7. The van der Waals surface area contributed by atoms with Crippen LogP contribution in [-0.4, -0.2) is 127 Å². The summed E-state index contributed by atoms with van der Waals surface area (Å²) in [5.41, 5.74) is 3.59. The molecule has 0 aliphatic carbocycles. The summed E-state index contributed by atoms with van der Waals surface area (Å²) in [6.45, 7) is 8.17. The zero-order valence-electron chi connectivity index (χ0n) is 48.5. The van der Waals surface area contributed by atoms with Gasteiger partial charge >= 0.3 is 0 Å². The van der Waals surface area contributed by atoms with Gasteiger partial charge in [-0.1, -0.05) is 171 Å². The van der Waals surface area contributed by atoms with Gasteiger partial charge in [-0.3, -0.25) is 43.7 Å². The van der Waals surface area contributed by atoms with Crippen LogP contribution in [0.5, 0.6) is 0 Å². The van der Waals surface area contributed by atoms with Gasteiger partial charge in [0, 0.05) is 50.4 Å². The molecule has 0 aliphatic heterocycles. The van der Waals surface area contributed by atoms with Gasteiger partial charge in [0.15, 0.2) is 40.5 Å². The Hall–Kier alpha value is -9.14. The fourth-order valence-electron chi connectivity index (χ4n) is 5.93. The Morgan fingerprint density at radius 3 is 1.09 bits per heavy atom. The van der Waals surface area contributed by atoms with Crippen LogP contribution in [0.4, 0.5) is 5.69 Å². The molecule has 0 heterocycles. The van der Waals surface area contributed by atoms with Crippen molar-refractivity contribution in [3.8, 4) is 0 Å². The van der Waals surface area contributed by atoms with Gasteiger partial charge in [0.05, 0.1) is 51.2 Å². The number of hydrogen-bond donors (Lipinski definition) is 7. The van der Waals surface area contributed by atoms with E-state index in [0.29, 0.717) is 32.8 Å². The number of allylic oxidation sites excluding steroid dienone is 7. The number of aliphatic hydroxyl groups is 7. The van der Waals surface area contributed by atoms with Crippen molar-refractivity contribution in [3.05, 3.63) is 279 Å². The van der Waals surface area contributed by atoms with Crippen molar-refractivity contribution in [2.45, 2.75) is 34.6 Å². The summed E-state index contributed by atoms with van der Waals surface area (Å²) in [7, 11) is 0. The average molecular weight is 1200 g/mol. The Balaban J connectivity index is 0.000000992. The summed E-state index contributed by atoms with van der Waals surface area (Å²) in [6.07, 6.45) is 19.3. The molecule has 0 aromatic heterocycles. The van der Waals surface area contributed by atoms with Gasteiger partial charge in [0.1, 0.15) is 0 Å². The van der Waals surface area contributed by atoms with Crippen LogP contribution < -0.4 is 0 Å². The molecule has 6 aromatic rings. The topological polar surface area (TPSA) is 304 Å². The molecule has 0 bridgehead atoms. The van der Waals surface area contributed by atoms with E-state index in [1.54, 1.807) is 66.7 Å². The maximum atomic E-state index is 11.6. The summed E-state index contributed by atoms with van der Waals surface area (Å²) in [5.74, 6) is -0.654. The van der Waals surface area contributed by atoms with Gasteiger partial charge in [-0.2, -0.15) is 0 Å². The second-order valence-corrected chi connectivity index (χ2v) is 18.7. The maximum Gasteiger partial charge on any atom is 0.269 e. The molecule has 0 fully saturated rings. The van der Waals surface area contributed by atoms with Crippen LogP contribution in [0.3, 0.4) is 0 Å². The van der Waals surface area contributed by atoms with E-state index in [9.17, 15) is 43.7 Å². The predicted molar refractivity (Wildman–Crippen MR) is 336 cm³/mol. The summed E-state index contributed by atoms with van der Waals surface area (Å²) >= 11 is 5.65. The van der Waals surface area contributed by atoms with Crippen molar-refractivity contribution in [2.75, 3.05) is 46.2 Å². The standard InChI is InChI=1S/C14H12O2.C11H12O2.C10H9ClO2.C10H9NO4.C10H10O2.C8H14O2.C5H8O2/c15-9-3-6-14(16)13-8-7-11-4-1-2-5-12(11)10-13;1-9-4-6-10(7-5-9)11(13)3-2-8-12;11-9-5-3-8(4-6-9)10(13)2-1-7-12;12-7-1-2-10(13)8-3-5-9(6-4-8)11(14)15;11-8-4-7-10(12)9-5-2-1-3-6-9;1-8(2,3)7(10)5-4-6-9;1-5(7)3-2-4-6/h1-8,10,15H,9H2;2-7,12H,8H2,1H3;1-6,12H,7H2;1-6,12H,7H2;1-7,11H,8H2;4-5,9H,6H2,1-3H3;2-3,6H,4H2,1H3/b6-3+;3-2+;2*2-1+;7-4+;5-4+;3-2+. The highest BCUT2D eigenvalue weighted by atomic mass is 35.5. The average Bonchev–Trinajstić information content (AvgIpc) is 3.13. The van der Waals surface area contributed by atoms with E-state index in [-0.39, 0.29) is 97.8 Å². The summed E-state index contributed by atoms with van der Waals surface area (Å²) in [5, 5.41) is 71.9. The highest BCUT2D eigenvalue weighted by molar-refractivity contribution is 6.30. The number of nitro groups is 1. The molecule has 0 spiro atoms. The first-order chi connectivity index (χ1) is 41.0. The predicted octanol–water partition coefficient (Wildman–Crippen LogP) is 10.4. The molecule has 86 heavy (non-hydrogen) atoms. The molecule has 18 heteroatoms. The lowest BCUT2D eigenvalue weighted by Crippen LogP contribution is -2.17. The first kappa shape index (κ1) is 76.9. The number of fused-ring (bicyclic) bond motifs is 1. The molecule has 0 aliphatic rings. The fourth-order valence-corrected chi connectivity index (χ4v) is 6.06. The smallest absolute Gasteiger partial charge is 0.269 e. The van der Waals surface area contributed by atoms with Gasteiger partial charge in [0.2, 0.25) is 0 Å². The minimum absolute atomic E-state index is 0.0333. The fraction of sp³-hybridized carbons (Fsp3) is 0.191. The summed E-state index contributed by atoms with van der Waals surface area (Å²) in [4.78, 5) is 87.6. The van der Waals surface area contributed by atoms with E-state index in [1.807, 2.05) is 82.3 Å². The number of nitrogens with zero attached hydrogens (tertiary/aromatic N) is 1. The van der Waals surface area contributed by atoms with Crippen molar-refractivity contribution in [2.24, 2.45) is 5.41 Å². The quantitative estimate of drug-likeness (QED) is 0.0162. The first-order valence-electron chi connectivity index (χ1n) is 26.3. The van der Waals surface area contributed by atoms with Crippen LogP contribution in [0.1, 0.15) is 85.0 Å². The Labute approximate surface area is 506 Å². The van der Waals surface area contributed by atoms with Crippen LogP contribution >= 0.6 is 11.6 Å². The maximum absolute atomic E-state index is 11.6. The second-order valence-electron chi connectivity index (χ2n) is 18.2. The molecule has 0 amide bonds. The molecule has 17 nitrogen and oxygen atoms in total. The Morgan fingerprint density at radius 2 is 0.733 bits per heavy atom. The number of aliphatic hydroxyl groups excluding tert-OH is 7. The molecule has 0 saturated heterocycles. The van der Waals surface area contributed by atoms with Gasteiger partial charge in [-0.25, -0.2) is 0 Å². The van der Waals surface area contributed by atoms with Crippen molar-refractivity contribution in [3.63, 3.8) is 0 Å². The highest BCUT2D eigenvalue weighted by Crippen LogP contribution is 2.17. The van der Waals surface area contributed by atoms with Crippen molar-refractivity contribution >= 4 is 68.5 Å². The number of carbonyl (C=O) groups excluding carboxylic acids is 7. The molecular formula is C68H74ClNO16. The van der Waals surface area contributed by atoms with Crippen LogP contribution in [0.25, 0.3) is 10.8 Å². The lowest BCUT2D eigenvalue weighted by molar-refractivity contribution is -0.384. The second kappa shape index (κ2) is 46.3. The third-order valence-corrected chi connectivity index (χ3v) is 10.6. The van der Waals surface area contributed by atoms with Crippen molar-refractivity contribution in [1.29, 1.82) is 0 Å². The molecule has 454 valence electrons. The number of aryl methyl sites for hydroxylation is 1. The number of halogens is 1. The normalized spacial score (nSPS) is 10.8. The number of non-ortho nitro benzene ring substituents is 1.